The highest BCUT2D eigenvalue weighted by molar-refractivity contribution is 5.88. The molecule has 0 bridgehead atoms. The van der Waals surface area contributed by atoms with Crippen LogP contribution >= 0.6 is 0 Å². The van der Waals surface area contributed by atoms with Crippen LogP contribution in [0.5, 0.6) is 0 Å². The highest BCUT2D eigenvalue weighted by Crippen LogP contribution is 2.20. The van der Waals surface area contributed by atoms with Gasteiger partial charge >= 0.3 is 5.97 Å². The van der Waals surface area contributed by atoms with Crippen LogP contribution < -0.4 is 0 Å². The Bertz CT molecular complexity index is 778. The van der Waals surface area contributed by atoms with Crippen LogP contribution in [0.1, 0.15) is 27.2 Å². The lowest BCUT2D eigenvalue weighted by molar-refractivity contribution is 0.0687. The number of carboxylic acid groups (broad SMARTS) is 1. The monoisotopic (exact) mass is 267 g/mol. The van der Waals surface area contributed by atoms with E-state index in [-0.39, 0.29) is 5.69 Å². The minimum Gasteiger partial charge on any atom is -0.476 e. The highest BCUT2D eigenvalue weighted by Gasteiger charge is 2.18. The average Bonchev–Trinajstić information content (AvgIpc) is 2.91. The second kappa shape index (κ2) is 4.77. The van der Waals surface area contributed by atoms with Gasteiger partial charge in [-0.2, -0.15) is 5.10 Å². The van der Waals surface area contributed by atoms with E-state index in [1.807, 2.05) is 37.3 Å². The van der Waals surface area contributed by atoms with Crippen LogP contribution in [0.15, 0.2) is 42.7 Å². The number of carbonyl (C=O) groups is 1. The molecule has 0 spiro atoms. The van der Waals surface area contributed by atoms with E-state index < -0.39 is 5.97 Å². The molecule has 0 radical (unpaired) electrons. The van der Waals surface area contributed by atoms with Crippen LogP contribution in [0.4, 0.5) is 0 Å². The number of nitrogens with zero attached hydrogens (tertiary/aromatic N) is 3. The molecular formula is C15H13N3O2. The third kappa shape index (κ3) is 2.03. The zero-order valence-electron chi connectivity index (χ0n) is 10.9. The number of hydrogen-bond donors (Lipinski definition) is 1. The second-order valence-electron chi connectivity index (χ2n) is 4.62. The molecule has 2 heterocycles. The number of aromatic carboxylic acids is 1. The van der Waals surface area contributed by atoms with E-state index in [1.54, 1.807) is 12.4 Å². The number of carboxylic acids is 1. The van der Waals surface area contributed by atoms with Gasteiger partial charge in [-0.3, -0.25) is 0 Å². The van der Waals surface area contributed by atoms with Crippen LogP contribution in [0, 0.1) is 6.92 Å². The van der Waals surface area contributed by atoms with Crippen molar-refractivity contribution in [1.82, 2.24) is 14.6 Å². The molecular weight excluding hydrogens is 254 g/mol. The first-order valence-corrected chi connectivity index (χ1v) is 6.27. The molecule has 0 aliphatic heterocycles. The maximum absolute atomic E-state index is 11.4. The van der Waals surface area contributed by atoms with E-state index in [0.29, 0.717) is 17.6 Å². The lowest BCUT2D eigenvalue weighted by atomic mass is 10.00. The van der Waals surface area contributed by atoms with Crippen LogP contribution in [0.3, 0.4) is 0 Å². The molecule has 20 heavy (non-hydrogen) atoms. The third-order valence-corrected chi connectivity index (χ3v) is 3.33. The first-order chi connectivity index (χ1) is 9.66. The molecule has 3 rings (SSSR count). The molecule has 0 amide bonds. The molecule has 0 aliphatic rings. The normalized spacial score (nSPS) is 10.8. The van der Waals surface area contributed by atoms with Crippen LogP contribution in [0.2, 0.25) is 0 Å². The molecule has 0 unspecified atom stereocenters. The molecule has 1 aromatic carbocycles. The summed E-state index contributed by atoms with van der Waals surface area (Å²) < 4.78 is 1.51. The Balaban J connectivity index is 2.19. The van der Waals surface area contributed by atoms with Crippen LogP contribution in [-0.4, -0.2) is 25.7 Å². The summed E-state index contributed by atoms with van der Waals surface area (Å²) in [4.78, 5) is 15.7. The van der Waals surface area contributed by atoms with Crippen molar-refractivity contribution in [3.63, 3.8) is 0 Å². The van der Waals surface area contributed by atoms with Gasteiger partial charge in [-0.05, 0) is 23.6 Å². The fraction of sp³-hybridized carbons (Fsp3) is 0.133. The summed E-state index contributed by atoms with van der Waals surface area (Å²) in [6.45, 7) is 1.88. The fourth-order valence-electron chi connectivity index (χ4n) is 2.31. The number of aromatic nitrogens is 3. The Labute approximate surface area is 115 Å². The van der Waals surface area contributed by atoms with E-state index in [9.17, 15) is 9.90 Å². The van der Waals surface area contributed by atoms with Crippen LogP contribution in [0.25, 0.3) is 5.65 Å². The Kier molecular flexibility index (Phi) is 2.95. The van der Waals surface area contributed by atoms with Crippen molar-refractivity contribution >= 4 is 11.6 Å². The SMILES string of the molecule is Cc1c(Cc2ccccc2)c(C(=O)O)nn2ccnc12. The lowest BCUT2D eigenvalue weighted by Gasteiger charge is -2.10. The molecule has 2 aromatic heterocycles. The summed E-state index contributed by atoms with van der Waals surface area (Å²) in [5.74, 6) is -1.02. The zero-order chi connectivity index (χ0) is 14.1. The summed E-state index contributed by atoms with van der Waals surface area (Å²) in [6.07, 6.45) is 3.80. The molecule has 0 saturated carbocycles. The third-order valence-electron chi connectivity index (χ3n) is 3.33. The number of imidazole rings is 1. The van der Waals surface area contributed by atoms with Gasteiger partial charge in [0, 0.05) is 18.8 Å². The second-order valence-corrected chi connectivity index (χ2v) is 4.62. The first-order valence-electron chi connectivity index (χ1n) is 6.27. The molecule has 1 N–H and O–H groups in total. The number of hydrogen-bond acceptors (Lipinski definition) is 3. The molecule has 0 aliphatic carbocycles. The van der Waals surface area contributed by atoms with Crippen LogP contribution in [-0.2, 0) is 6.42 Å². The van der Waals surface area contributed by atoms with Gasteiger partial charge in [0.15, 0.2) is 11.3 Å². The molecule has 5 heteroatoms. The minimum atomic E-state index is -1.02. The number of rotatable bonds is 3. The van der Waals surface area contributed by atoms with E-state index in [4.69, 9.17) is 0 Å². The summed E-state index contributed by atoms with van der Waals surface area (Å²) in [5, 5.41) is 13.5. The Morgan fingerprint density at radius 2 is 2.05 bits per heavy atom. The fourth-order valence-corrected chi connectivity index (χ4v) is 2.31. The standard InChI is InChI=1S/C15H13N3O2/c1-10-12(9-11-5-3-2-4-6-11)13(15(19)20)17-18-8-7-16-14(10)18/h2-8H,9H2,1H3,(H,19,20). The summed E-state index contributed by atoms with van der Waals surface area (Å²) >= 11 is 0. The van der Waals surface area contributed by atoms with Crippen molar-refractivity contribution in [2.75, 3.05) is 0 Å². The molecule has 0 atom stereocenters. The van der Waals surface area contributed by atoms with Crippen molar-refractivity contribution in [2.45, 2.75) is 13.3 Å². The molecule has 0 fully saturated rings. The van der Waals surface area contributed by atoms with E-state index >= 15 is 0 Å². The van der Waals surface area contributed by atoms with Gasteiger partial charge in [-0.15, -0.1) is 0 Å². The Hall–Kier alpha value is -2.69. The quantitative estimate of drug-likeness (QED) is 0.790. The average molecular weight is 267 g/mol. The summed E-state index contributed by atoms with van der Waals surface area (Å²) in [6, 6.07) is 9.76. The molecule has 5 nitrogen and oxygen atoms in total. The van der Waals surface area contributed by atoms with Gasteiger partial charge in [0.1, 0.15) is 0 Å². The van der Waals surface area contributed by atoms with Gasteiger partial charge in [-0.25, -0.2) is 14.3 Å². The van der Waals surface area contributed by atoms with Gasteiger partial charge < -0.3 is 5.11 Å². The van der Waals surface area contributed by atoms with Crippen molar-refractivity contribution in [1.29, 1.82) is 0 Å². The number of aryl methyl sites for hydroxylation is 1. The largest absolute Gasteiger partial charge is 0.476 e. The summed E-state index contributed by atoms with van der Waals surface area (Å²) in [7, 11) is 0. The first kappa shape index (κ1) is 12.3. The zero-order valence-corrected chi connectivity index (χ0v) is 10.9. The molecule has 3 aromatic rings. The van der Waals surface area contributed by atoms with Crippen molar-refractivity contribution in [3.05, 3.63) is 65.1 Å². The number of benzene rings is 1. The Morgan fingerprint density at radius 3 is 2.75 bits per heavy atom. The van der Waals surface area contributed by atoms with Gasteiger partial charge in [-0.1, -0.05) is 30.3 Å². The van der Waals surface area contributed by atoms with Crippen molar-refractivity contribution in [2.24, 2.45) is 0 Å². The van der Waals surface area contributed by atoms with Gasteiger partial charge in [0.25, 0.3) is 0 Å². The van der Waals surface area contributed by atoms with Gasteiger partial charge in [0.05, 0.1) is 0 Å². The minimum absolute atomic E-state index is 0.0804. The van der Waals surface area contributed by atoms with Crippen molar-refractivity contribution < 1.29 is 9.90 Å². The topological polar surface area (TPSA) is 67.5 Å². The van der Waals surface area contributed by atoms with E-state index in [2.05, 4.69) is 10.1 Å². The summed E-state index contributed by atoms with van der Waals surface area (Å²) in [5.41, 5.74) is 3.39. The maximum atomic E-state index is 11.4. The predicted octanol–water partition coefficient (Wildman–Crippen LogP) is 2.33. The maximum Gasteiger partial charge on any atom is 0.356 e. The van der Waals surface area contributed by atoms with Gasteiger partial charge in [0.2, 0.25) is 0 Å². The predicted molar refractivity (Wildman–Crippen MR) is 73.9 cm³/mol. The lowest BCUT2D eigenvalue weighted by Crippen LogP contribution is -2.12. The van der Waals surface area contributed by atoms with Crippen molar-refractivity contribution in [3.8, 4) is 0 Å². The number of fused-ring (bicyclic) bond motifs is 1. The Morgan fingerprint density at radius 1 is 1.30 bits per heavy atom. The van der Waals surface area contributed by atoms with E-state index in [0.717, 1.165) is 11.1 Å². The smallest absolute Gasteiger partial charge is 0.356 e. The highest BCUT2D eigenvalue weighted by atomic mass is 16.4. The molecule has 0 saturated heterocycles. The van der Waals surface area contributed by atoms with E-state index in [1.165, 1.54) is 4.52 Å². The molecule has 100 valence electrons.